The van der Waals surface area contributed by atoms with E-state index in [1.54, 1.807) is 16.7 Å². The SMILES string of the molecule is CC1=CC(CC(c2ccc(C(C)CCC3CCCC3)cc2)C(C)C2CCC2)C1.[Y]. The molecular formula is C28H42Y. The molecule has 0 spiro atoms. The Morgan fingerprint density at radius 2 is 1.52 bits per heavy atom. The zero-order valence-electron chi connectivity index (χ0n) is 19.2. The number of allylic oxidation sites excluding steroid dienone is 2. The van der Waals surface area contributed by atoms with Crippen LogP contribution in [0.5, 0.6) is 0 Å². The second-order valence-electron chi connectivity index (χ2n) is 10.7. The van der Waals surface area contributed by atoms with Crippen LogP contribution in [-0.2, 0) is 32.7 Å². The Morgan fingerprint density at radius 3 is 2.07 bits per heavy atom. The van der Waals surface area contributed by atoms with Crippen LogP contribution in [0.3, 0.4) is 0 Å². The minimum atomic E-state index is 0. The van der Waals surface area contributed by atoms with Crippen molar-refractivity contribution in [1.82, 2.24) is 0 Å². The second-order valence-corrected chi connectivity index (χ2v) is 10.7. The molecule has 0 aromatic heterocycles. The fourth-order valence-corrected chi connectivity index (χ4v) is 6.23. The van der Waals surface area contributed by atoms with Crippen molar-refractivity contribution in [2.45, 2.75) is 103 Å². The van der Waals surface area contributed by atoms with Crippen molar-refractivity contribution in [3.63, 3.8) is 0 Å². The van der Waals surface area contributed by atoms with Gasteiger partial charge in [-0.05, 0) is 79.2 Å². The molecule has 0 N–H and O–H groups in total. The molecule has 4 rings (SSSR count). The molecule has 4 unspecified atom stereocenters. The number of rotatable bonds is 9. The Bertz CT molecular complexity index is 647. The molecule has 2 fully saturated rings. The molecule has 1 aromatic carbocycles. The summed E-state index contributed by atoms with van der Waals surface area (Å²) in [4.78, 5) is 0. The van der Waals surface area contributed by atoms with E-state index in [9.17, 15) is 0 Å². The first-order valence-corrected chi connectivity index (χ1v) is 12.4. The maximum Gasteiger partial charge on any atom is 0 e. The first kappa shape index (κ1) is 23.7. The van der Waals surface area contributed by atoms with Gasteiger partial charge in [-0.3, -0.25) is 0 Å². The molecule has 3 aliphatic carbocycles. The van der Waals surface area contributed by atoms with Crippen LogP contribution in [0.2, 0.25) is 0 Å². The Kier molecular flexibility index (Phi) is 9.07. The zero-order chi connectivity index (χ0) is 19.5. The minimum absolute atomic E-state index is 0. The van der Waals surface area contributed by atoms with E-state index in [0.717, 1.165) is 35.5 Å². The van der Waals surface area contributed by atoms with Crippen LogP contribution in [0.1, 0.15) is 114 Å². The molecule has 4 atom stereocenters. The molecule has 1 radical (unpaired) electrons. The van der Waals surface area contributed by atoms with Gasteiger partial charge < -0.3 is 0 Å². The predicted molar refractivity (Wildman–Crippen MR) is 122 cm³/mol. The van der Waals surface area contributed by atoms with Gasteiger partial charge in [0.2, 0.25) is 0 Å². The zero-order valence-corrected chi connectivity index (χ0v) is 22.0. The van der Waals surface area contributed by atoms with Gasteiger partial charge in [0, 0.05) is 32.7 Å². The van der Waals surface area contributed by atoms with Gasteiger partial charge in [0.05, 0.1) is 0 Å². The summed E-state index contributed by atoms with van der Waals surface area (Å²) in [5.41, 5.74) is 4.78. The fourth-order valence-electron chi connectivity index (χ4n) is 6.23. The van der Waals surface area contributed by atoms with E-state index in [0.29, 0.717) is 0 Å². The van der Waals surface area contributed by atoms with Crippen molar-refractivity contribution in [1.29, 1.82) is 0 Å². The Morgan fingerprint density at radius 1 is 0.897 bits per heavy atom. The van der Waals surface area contributed by atoms with Gasteiger partial charge >= 0.3 is 0 Å². The van der Waals surface area contributed by atoms with E-state index in [-0.39, 0.29) is 32.7 Å². The van der Waals surface area contributed by atoms with E-state index in [1.165, 1.54) is 70.6 Å². The molecule has 0 nitrogen and oxygen atoms in total. The summed E-state index contributed by atoms with van der Waals surface area (Å²) in [6.07, 6.45) is 18.4. The third kappa shape index (κ3) is 6.07. The molecule has 0 bridgehead atoms. The standard InChI is InChI=1S/C28H42.Y/c1-20-17-24(18-20)19-28(22(3)26-9-6-10-26)27-15-13-25(14-16-27)21(2)11-12-23-7-4-5-8-23;/h13-17,21-24,26,28H,4-12,18-19H2,1-3H3;. The Hall–Kier alpha value is 0.0639. The van der Waals surface area contributed by atoms with Gasteiger partial charge in [-0.1, -0.05) is 94.7 Å². The monoisotopic (exact) mass is 467 g/mol. The Labute approximate surface area is 205 Å². The van der Waals surface area contributed by atoms with E-state index in [2.05, 4.69) is 51.1 Å². The maximum absolute atomic E-state index is 2.54. The maximum atomic E-state index is 2.54. The summed E-state index contributed by atoms with van der Waals surface area (Å²) in [7, 11) is 0. The van der Waals surface area contributed by atoms with Gasteiger partial charge in [0.15, 0.2) is 0 Å². The number of hydrogen-bond donors (Lipinski definition) is 0. The van der Waals surface area contributed by atoms with Gasteiger partial charge in [0.1, 0.15) is 0 Å². The largest absolute Gasteiger partial charge is 0.0821 e. The second kappa shape index (κ2) is 11.1. The quantitative estimate of drug-likeness (QED) is 0.319. The van der Waals surface area contributed by atoms with Crippen LogP contribution in [0.25, 0.3) is 0 Å². The summed E-state index contributed by atoms with van der Waals surface area (Å²) in [5.74, 6) is 5.14. The van der Waals surface area contributed by atoms with Gasteiger partial charge in [-0.2, -0.15) is 0 Å². The first-order chi connectivity index (χ1) is 13.6. The molecule has 0 saturated heterocycles. The normalized spacial score (nSPS) is 25.3. The van der Waals surface area contributed by atoms with Crippen LogP contribution >= 0.6 is 0 Å². The van der Waals surface area contributed by atoms with Crippen molar-refractivity contribution in [2.75, 3.05) is 0 Å². The molecule has 0 amide bonds. The number of hydrogen-bond acceptors (Lipinski definition) is 0. The summed E-state index contributed by atoms with van der Waals surface area (Å²) in [5, 5.41) is 0. The van der Waals surface area contributed by atoms with Crippen molar-refractivity contribution in [3.05, 3.63) is 47.0 Å². The van der Waals surface area contributed by atoms with E-state index >= 15 is 0 Å². The molecule has 0 aliphatic heterocycles. The van der Waals surface area contributed by atoms with Gasteiger partial charge in [-0.25, -0.2) is 0 Å². The fraction of sp³-hybridized carbons (Fsp3) is 0.714. The first-order valence-electron chi connectivity index (χ1n) is 12.4. The predicted octanol–water partition coefficient (Wildman–Crippen LogP) is 8.63. The summed E-state index contributed by atoms with van der Waals surface area (Å²) in [6, 6.07) is 9.93. The van der Waals surface area contributed by atoms with E-state index in [1.807, 2.05) is 0 Å². The van der Waals surface area contributed by atoms with Gasteiger partial charge in [0.25, 0.3) is 0 Å². The van der Waals surface area contributed by atoms with Crippen molar-refractivity contribution >= 4 is 0 Å². The molecule has 3 aliphatic rings. The molecule has 0 heterocycles. The summed E-state index contributed by atoms with van der Waals surface area (Å²) in [6.45, 7) is 7.28. The molecule has 2 saturated carbocycles. The average molecular weight is 468 g/mol. The Balaban J connectivity index is 0.00000240. The molecule has 29 heavy (non-hydrogen) atoms. The third-order valence-corrected chi connectivity index (χ3v) is 8.61. The van der Waals surface area contributed by atoms with Crippen LogP contribution in [0.15, 0.2) is 35.9 Å². The van der Waals surface area contributed by atoms with E-state index in [4.69, 9.17) is 0 Å². The summed E-state index contributed by atoms with van der Waals surface area (Å²) < 4.78 is 0. The van der Waals surface area contributed by atoms with E-state index < -0.39 is 0 Å². The van der Waals surface area contributed by atoms with Crippen LogP contribution in [0, 0.1) is 23.7 Å². The van der Waals surface area contributed by atoms with Crippen LogP contribution in [0.4, 0.5) is 0 Å². The van der Waals surface area contributed by atoms with Crippen molar-refractivity contribution in [2.24, 2.45) is 23.7 Å². The molecule has 1 heteroatoms. The van der Waals surface area contributed by atoms with Crippen molar-refractivity contribution in [3.8, 4) is 0 Å². The van der Waals surface area contributed by atoms with Crippen LogP contribution < -0.4 is 0 Å². The number of benzene rings is 1. The van der Waals surface area contributed by atoms with Gasteiger partial charge in [-0.15, -0.1) is 0 Å². The third-order valence-electron chi connectivity index (χ3n) is 8.61. The molecular weight excluding hydrogens is 425 g/mol. The molecule has 157 valence electrons. The average Bonchev–Trinajstić information content (AvgIpc) is 3.14. The minimum Gasteiger partial charge on any atom is -0.0821 e. The topological polar surface area (TPSA) is 0 Å². The van der Waals surface area contributed by atoms with Crippen molar-refractivity contribution < 1.29 is 32.7 Å². The van der Waals surface area contributed by atoms with Crippen LogP contribution in [-0.4, -0.2) is 0 Å². The molecule has 1 aromatic rings. The summed E-state index contributed by atoms with van der Waals surface area (Å²) >= 11 is 0. The smallest absolute Gasteiger partial charge is 0 e.